The van der Waals surface area contributed by atoms with E-state index in [9.17, 15) is 5.11 Å². The van der Waals surface area contributed by atoms with Crippen molar-refractivity contribution in [3.8, 4) is 11.5 Å². The molecule has 0 fully saturated rings. The van der Waals surface area contributed by atoms with Crippen LogP contribution in [0.25, 0.3) is 21.8 Å². The molecule has 0 aliphatic rings. The molecule has 0 aliphatic carbocycles. The van der Waals surface area contributed by atoms with Crippen LogP contribution in [0.1, 0.15) is 0 Å². The molecule has 0 aliphatic heterocycles. The molecule has 0 saturated carbocycles. The SMILES string of the molecule is COc1ccc2nc(Cl)ncc2c1.CSc1ncc2cc(O)ccc2n1.C[S-].[Na+]. The molecule has 2 heterocycles. The molecule has 0 unspecified atom stereocenters. The monoisotopic (exact) mass is 456 g/mol. The molecule has 2 aromatic carbocycles. The molecular weight excluding hydrogens is 439 g/mol. The Balaban J connectivity index is 0.000000259. The molecule has 2 aromatic heterocycles. The largest absolute Gasteiger partial charge is 1.00 e. The number of phenols is 1. The minimum atomic E-state index is 0. The first-order valence-corrected chi connectivity index (χ1v) is 10.4. The van der Waals surface area contributed by atoms with Gasteiger partial charge in [0, 0.05) is 23.2 Å². The first kappa shape index (κ1) is 25.7. The number of nitrogens with zero attached hydrogens (tertiary/aromatic N) is 4. The zero-order valence-electron chi connectivity index (χ0n) is 16.5. The van der Waals surface area contributed by atoms with E-state index in [1.807, 2.05) is 24.5 Å². The maximum absolute atomic E-state index is 9.20. The van der Waals surface area contributed by atoms with E-state index in [1.54, 1.807) is 44.0 Å². The van der Waals surface area contributed by atoms with Gasteiger partial charge < -0.3 is 22.5 Å². The fourth-order valence-electron chi connectivity index (χ4n) is 2.22. The third-order valence-electron chi connectivity index (χ3n) is 3.48. The summed E-state index contributed by atoms with van der Waals surface area (Å²) in [6.07, 6.45) is 6.91. The second-order valence-corrected chi connectivity index (χ2v) is 6.28. The van der Waals surface area contributed by atoms with E-state index in [0.29, 0.717) is 0 Å². The van der Waals surface area contributed by atoms with Gasteiger partial charge in [0.2, 0.25) is 5.28 Å². The van der Waals surface area contributed by atoms with Gasteiger partial charge >= 0.3 is 29.6 Å². The Bertz CT molecular complexity index is 987. The summed E-state index contributed by atoms with van der Waals surface area (Å²) in [5, 5.41) is 12.0. The molecule has 0 saturated heterocycles. The Labute approximate surface area is 206 Å². The standard InChI is InChI=1S/C9H7ClN2O.C9H8N2OS.CH4S.Na/c1-13-7-2-3-8-6(4-7)5-11-9(10)12-8;1-13-9-10-5-6-4-7(12)2-3-8(6)11-9;1-2;/h2-5H,1H3;2-5,12H,1H3;2H,1H3;/q;;;+1/p-1. The number of benzene rings is 2. The van der Waals surface area contributed by atoms with Crippen LogP contribution >= 0.6 is 23.4 Å². The molecule has 1 N–H and O–H groups in total. The van der Waals surface area contributed by atoms with Crippen molar-refractivity contribution >= 4 is 57.8 Å². The van der Waals surface area contributed by atoms with E-state index in [1.165, 1.54) is 11.8 Å². The maximum atomic E-state index is 9.20. The van der Waals surface area contributed by atoms with Gasteiger partial charge in [0.1, 0.15) is 11.5 Å². The van der Waals surface area contributed by atoms with Gasteiger partial charge in [-0.05, 0) is 54.3 Å². The minimum absolute atomic E-state index is 0. The van der Waals surface area contributed by atoms with Crippen molar-refractivity contribution in [3.05, 3.63) is 54.1 Å². The summed E-state index contributed by atoms with van der Waals surface area (Å²) in [5.41, 5.74) is 1.68. The van der Waals surface area contributed by atoms with Crippen LogP contribution in [0, 0.1) is 0 Å². The fourth-order valence-corrected chi connectivity index (χ4v) is 2.71. The van der Waals surface area contributed by atoms with Crippen molar-refractivity contribution in [1.82, 2.24) is 19.9 Å². The first-order chi connectivity index (χ1) is 13.6. The summed E-state index contributed by atoms with van der Waals surface area (Å²) >= 11 is 11.2. The van der Waals surface area contributed by atoms with Gasteiger partial charge in [0.15, 0.2) is 5.16 Å². The second-order valence-electron chi connectivity index (χ2n) is 5.16. The van der Waals surface area contributed by atoms with Crippen molar-refractivity contribution in [1.29, 1.82) is 0 Å². The number of fused-ring (bicyclic) bond motifs is 2. The van der Waals surface area contributed by atoms with E-state index in [2.05, 4.69) is 32.6 Å². The number of aromatic nitrogens is 4. The van der Waals surface area contributed by atoms with Crippen molar-refractivity contribution in [2.45, 2.75) is 5.16 Å². The van der Waals surface area contributed by atoms with Gasteiger partial charge in [-0.2, -0.15) is 6.26 Å². The Morgan fingerprint density at radius 2 is 1.59 bits per heavy atom. The molecule has 6 nitrogen and oxygen atoms in total. The number of phenolic OH excluding ortho intramolecular Hbond substituents is 1. The molecule has 4 aromatic rings. The van der Waals surface area contributed by atoms with Gasteiger partial charge in [0.25, 0.3) is 0 Å². The molecule has 146 valence electrons. The molecule has 10 heteroatoms. The van der Waals surface area contributed by atoms with Crippen LogP contribution in [0.4, 0.5) is 0 Å². The van der Waals surface area contributed by atoms with Gasteiger partial charge in [-0.25, -0.2) is 19.9 Å². The third kappa shape index (κ3) is 7.47. The van der Waals surface area contributed by atoms with Crippen LogP contribution in [0.5, 0.6) is 11.5 Å². The van der Waals surface area contributed by atoms with Crippen LogP contribution in [-0.4, -0.2) is 44.7 Å². The molecule has 0 amide bonds. The number of halogens is 1. The van der Waals surface area contributed by atoms with Crippen molar-refractivity contribution in [2.75, 3.05) is 19.6 Å². The Morgan fingerprint density at radius 3 is 2.28 bits per heavy atom. The number of hydrogen-bond acceptors (Lipinski definition) is 8. The second kappa shape index (κ2) is 13.1. The van der Waals surface area contributed by atoms with Crippen LogP contribution in [0.2, 0.25) is 5.28 Å². The van der Waals surface area contributed by atoms with Crippen LogP contribution in [0.3, 0.4) is 0 Å². The average Bonchev–Trinajstić information content (AvgIpc) is 2.74. The molecule has 0 atom stereocenters. The first-order valence-electron chi connectivity index (χ1n) is 7.96. The fraction of sp³-hybridized carbons (Fsp3) is 0.158. The van der Waals surface area contributed by atoms with E-state index in [-0.39, 0.29) is 40.6 Å². The molecule has 0 bridgehead atoms. The van der Waals surface area contributed by atoms with Gasteiger partial charge in [-0.3, -0.25) is 0 Å². The van der Waals surface area contributed by atoms with Gasteiger partial charge in [-0.1, -0.05) is 11.8 Å². The van der Waals surface area contributed by atoms with Gasteiger partial charge in [0.05, 0.1) is 18.1 Å². The summed E-state index contributed by atoms with van der Waals surface area (Å²) < 4.78 is 5.06. The number of rotatable bonds is 2. The Morgan fingerprint density at radius 1 is 0.966 bits per heavy atom. The molecule has 29 heavy (non-hydrogen) atoms. The van der Waals surface area contributed by atoms with E-state index >= 15 is 0 Å². The summed E-state index contributed by atoms with van der Waals surface area (Å²) in [5.74, 6) is 1.03. The average molecular weight is 457 g/mol. The Kier molecular flexibility index (Phi) is 11.6. The summed E-state index contributed by atoms with van der Waals surface area (Å²) in [7, 11) is 1.62. The van der Waals surface area contributed by atoms with Crippen LogP contribution in [0.15, 0.2) is 53.9 Å². The van der Waals surface area contributed by atoms with Crippen LogP contribution in [-0.2, 0) is 12.6 Å². The predicted molar refractivity (Wildman–Crippen MR) is 117 cm³/mol. The van der Waals surface area contributed by atoms with Crippen molar-refractivity contribution in [3.63, 3.8) is 0 Å². The summed E-state index contributed by atoms with van der Waals surface area (Å²) in [6, 6.07) is 10.6. The zero-order valence-corrected chi connectivity index (χ0v) is 20.8. The predicted octanol–water partition coefficient (Wildman–Crippen LogP) is 1.52. The quantitative estimate of drug-likeness (QED) is 0.210. The summed E-state index contributed by atoms with van der Waals surface area (Å²) in [4.78, 5) is 16.3. The summed E-state index contributed by atoms with van der Waals surface area (Å²) in [6.45, 7) is 0. The van der Waals surface area contributed by atoms with E-state index in [0.717, 1.165) is 32.7 Å². The third-order valence-corrected chi connectivity index (χ3v) is 4.23. The number of ether oxygens (including phenoxy) is 1. The molecular formula is C19H18ClN4NaO2S2. The molecule has 4 rings (SSSR count). The number of thioether (sulfide) groups is 1. The number of aromatic hydroxyl groups is 1. The normalized spacial score (nSPS) is 9.55. The topological polar surface area (TPSA) is 81.0 Å². The zero-order chi connectivity index (χ0) is 20.5. The van der Waals surface area contributed by atoms with Crippen LogP contribution < -0.4 is 34.3 Å². The smallest absolute Gasteiger partial charge is 0.796 e. The van der Waals surface area contributed by atoms with Crippen molar-refractivity contribution in [2.24, 2.45) is 0 Å². The number of hydrogen-bond donors (Lipinski definition) is 1. The van der Waals surface area contributed by atoms with E-state index in [4.69, 9.17) is 16.3 Å². The van der Waals surface area contributed by atoms with E-state index < -0.39 is 0 Å². The number of methoxy groups -OCH3 is 1. The van der Waals surface area contributed by atoms with Gasteiger partial charge in [-0.15, -0.1) is 0 Å². The maximum Gasteiger partial charge on any atom is 1.00 e. The molecule has 0 radical (unpaired) electrons. The van der Waals surface area contributed by atoms with Crippen molar-refractivity contribution < 1.29 is 39.4 Å². The minimum Gasteiger partial charge on any atom is -0.796 e. The Hall–Kier alpha value is -1.29. The molecule has 0 spiro atoms.